The largest absolute Gasteiger partial charge is 0.394 e. The monoisotopic (exact) mass is 369 g/mol. The minimum absolute atomic E-state index is 0.0563. The Hall–Kier alpha value is -0.870. The molecule has 26 heavy (non-hydrogen) atoms. The Kier molecular flexibility index (Phi) is 18.3. The SMILES string of the molecule is CCC/C=C\CCCCCCCC(=O)NC(CO)C(O)CCCCCC. The fraction of sp³-hybridized carbons (Fsp3) is 0.864. The van der Waals surface area contributed by atoms with Crippen LogP contribution in [0.5, 0.6) is 0 Å². The third-order valence-corrected chi connectivity index (χ3v) is 4.76. The summed E-state index contributed by atoms with van der Waals surface area (Å²) in [7, 11) is 0. The van der Waals surface area contributed by atoms with Crippen LogP contribution in [-0.4, -0.2) is 34.9 Å². The van der Waals surface area contributed by atoms with Crippen molar-refractivity contribution in [1.82, 2.24) is 5.32 Å². The molecule has 0 rings (SSSR count). The van der Waals surface area contributed by atoms with Crippen LogP contribution in [0.15, 0.2) is 12.2 Å². The first kappa shape index (κ1) is 25.1. The van der Waals surface area contributed by atoms with Crippen molar-refractivity contribution in [3.8, 4) is 0 Å². The van der Waals surface area contributed by atoms with E-state index in [9.17, 15) is 15.0 Å². The lowest BCUT2D eigenvalue weighted by Crippen LogP contribution is -2.45. The molecule has 0 aliphatic heterocycles. The molecule has 2 unspecified atom stereocenters. The minimum atomic E-state index is -0.651. The molecule has 0 spiro atoms. The molecule has 0 aliphatic rings. The summed E-state index contributed by atoms with van der Waals surface area (Å²) in [5, 5.41) is 22.3. The highest BCUT2D eigenvalue weighted by Crippen LogP contribution is 2.10. The number of aliphatic hydroxyl groups excluding tert-OH is 2. The fourth-order valence-electron chi connectivity index (χ4n) is 3.00. The zero-order valence-electron chi connectivity index (χ0n) is 17.2. The van der Waals surface area contributed by atoms with Gasteiger partial charge in [-0.05, 0) is 32.1 Å². The minimum Gasteiger partial charge on any atom is -0.394 e. The van der Waals surface area contributed by atoms with Crippen LogP contribution >= 0.6 is 0 Å². The Morgan fingerprint density at radius 2 is 1.54 bits per heavy atom. The number of carbonyl (C=O) groups excluding carboxylic acids is 1. The molecule has 1 amide bonds. The summed E-state index contributed by atoms with van der Waals surface area (Å²) in [4.78, 5) is 12.0. The molecule has 0 fully saturated rings. The molecule has 2 atom stereocenters. The molecular weight excluding hydrogens is 326 g/mol. The van der Waals surface area contributed by atoms with Gasteiger partial charge < -0.3 is 15.5 Å². The van der Waals surface area contributed by atoms with Crippen molar-refractivity contribution in [2.45, 2.75) is 116 Å². The van der Waals surface area contributed by atoms with Crippen LogP contribution in [0.4, 0.5) is 0 Å². The number of rotatable bonds is 18. The van der Waals surface area contributed by atoms with Crippen molar-refractivity contribution >= 4 is 5.91 Å². The molecular formula is C22H43NO3. The van der Waals surface area contributed by atoms with E-state index in [1.165, 1.54) is 32.1 Å². The zero-order valence-corrected chi connectivity index (χ0v) is 17.2. The Morgan fingerprint density at radius 3 is 2.23 bits per heavy atom. The van der Waals surface area contributed by atoms with Crippen molar-refractivity contribution in [1.29, 1.82) is 0 Å². The molecule has 0 saturated heterocycles. The summed E-state index contributed by atoms with van der Waals surface area (Å²) in [5.74, 6) is -0.0563. The molecule has 4 nitrogen and oxygen atoms in total. The smallest absolute Gasteiger partial charge is 0.220 e. The lowest BCUT2D eigenvalue weighted by molar-refractivity contribution is -0.123. The summed E-state index contributed by atoms with van der Waals surface area (Å²) in [5.41, 5.74) is 0. The number of nitrogens with one attached hydrogen (secondary N) is 1. The second-order valence-corrected chi connectivity index (χ2v) is 7.34. The summed E-state index contributed by atoms with van der Waals surface area (Å²) in [6.07, 6.45) is 18.5. The molecule has 0 aromatic carbocycles. The van der Waals surface area contributed by atoms with Gasteiger partial charge in [-0.15, -0.1) is 0 Å². The van der Waals surface area contributed by atoms with Gasteiger partial charge in [0, 0.05) is 6.42 Å². The Balaban J connectivity index is 3.68. The Morgan fingerprint density at radius 1 is 0.885 bits per heavy atom. The van der Waals surface area contributed by atoms with E-state index in [0.29, 0.717) is 12.8 Å². The van der Waals surface area contributed by atoms with Crippen LogP contribution in [0.25, 0.3) is 0 Å². The van der Waals surface area contributed by atoms with Crippen LogP contribution in [0.2, 0.25) is 0 Å². The van der Waals surface area contributed by atoms with Gasteiger partial charge in [0.1, 0.15) is 0 Å². The van der Waals surface area contributed by atoms with Crippen LogP contribution in [0.3, 0.4) is 0 Å². The molecule has 0 bridgehead atoms. The van der Waals surface area contributed by atoms with E-state index in [2.05, 4.69) is 31.3 Å². The van der Waals surface area contributed by atoms with Gasteiger partial charge >= 0.3 is 0 Å². The molecule has 4 heteroatoms. The van der Waals surface area contributed by atoms with E-state index in [1.54, 1.807) is 0 Å². The molecule has 3 N–H and O–H groups in total. The predicted molar refractivity (Wildman–Crippen MR) is 110 cm³/mol. The molecule has 0 aromatic rings. The van der Waals surface area contributed by atoms with Crippen LogP contribution in [0, 0.1) is 0 Å². The van der Waals surface area contributed by atoms with Crippen LogP contribution in [-0.2, 0) is 4.79 Å². The Bertz CT molecular complexity index is 344. The highest BCUT2D eigenvalue weighted by atomic mass is 16.3. The van der Waals surface area contributed by atoms with Crippen molar-refractivity contribution in [3.05, 3.63) is 12.2 Å². The quantitative estimate of drug-likeness (QED) is 0.238. The summed E-state index contributed by atoms with van der Waals surface area (Å²) in [6, 6.07) is -0.529. The van der Waals surface area contributed by atoms with E-state index in [0.717, 1.165) is 44.9 Å². The number of aliphatic hydroxyl groups is 2. The van der Waals surface area contributed by atoms with Gasteiger partial charge in [-0.3, -0.25) is 4.79 Å². The first-order valence-electron chi connectivity index (χ1n) is 10.9. The molecule has 0 saturated carbocycles. The highest BCUT2D eigenvalue weighted by molar-refractivity contribution is 5.76. The zero-order chi connectivity index (χ0) is 19.5. The molecule has 0 aromatic heterocycles. The second kappa shape index (κ2) is 18.9. The van der Waals surface area contributed by atoms with Gasteiger partial charge in [-0.1, -0.05) is 77.4 Å². The second-order valence-electron chi connectivity index (χ2n) is 7.34. The summed E-state index contributed by atoms with van der Waals surface area (Å²) < 4.78 is 0. The first-order valence-corrected chi connectivity index (χ1v) is 10.9. The number of hydrogen-bond donors (Lipinski definition) is 3. The lowest BCUT2D eigenvalue weighted by atomic mass is 10.0. The fourth-order valence-corrected chi connectivity index (χ4v) is 3.00. The van der Waals surface area contributed by atoms with Crippen molar-refractivity contribution in [3.63, 3.8) is 0 Å². The van der Waals surface area contributed by atoms with Gasteiger partial charge in [0.2, 0.25) is 5.91 Å². The maximum atomic E-state index is 12.0. The number of carbonyl (C=O) groups is 1. The standard InChI is InChI=1S/C22H43NO3/c1-3-5-7-9-10-11-12-13-14-16-18-22(26)23-20(19-24)21(25)17-15-8-6-4-2/h7,9,20-21,24-25H,3-6,8,10-19H2,1-2H3,(H,23,26)/b9-7-. The van der Waals surface area contributed by atoms with Crippen LogP contribution < -0.4 is 5.32 Å². The van der Waals surface area contributed by atoms with Crippen LogP contribution in [0.1, 0.15) is 104 Å². The maximum Gasteiger partial charge on any atom is 0.220 e. The molecule has 154 valence electrons. The molecule has 0 aliphatic carbocycles. The predicted octanol–water partition coefficient (Wildman–Crippen LogP) is 4.88. The average molecular weight is 370 g/mol. The third-order valence-electron chi connectivity index (χ3n) is 4.76. The van der Waals surface area contributed by atoms with Gasteiger partial charge in [-0.2, -0.15) is 0 Å². The summed E-state index contributed by atoms with van der Waals surface area (Å²) in [6.45, 7) is 4.14. The lowest BCUT2D eigenvalue weighted by Gasteiger charge is -2.22. The highest BCUT2D eigenvalue weighted by Gasteiger charge is 2.19. The van der Waals surface area contributed by atoms with Gasteiger partial charge in [0.15, 0.2) is 0 Å². The van der Waals surface area contributed by atoms with Crippen molar-refractivity contribution < 1.29 is 15.0 Å². The summed E-state index contributed by atoms with van der Waals surface area (Å²) >= 11 is 0. The topological polar surface area (TPSA) is 69.6 Å². The van der Waals surface area contributed by atoms with Gasteiger partial charge in [-0.25, -0.2) is 0 Å². The van der Waals surface area contributed by atoms with E-state index in [1.807, 2.05) is 0 Å². The normalized spacial score (nSPS) is 13.8. The number of allylic oxidation sites excluding steroid dienone is 2. The maximum absolute atomic E-state index is 12.0. The van der Waals surface area contributed by atoms with E-state index in [4.69, 9.17) is 0 Å². The van der Waals surface area contributed by atoms with E-state index in [-0.39, 0.29) is 12.5 Å². The average Bonchev–Trinajstić information content (AvgIpc) is 2.64. The van der Waals surface area contributed by atoms with E-state index < -0.39 is 12.1 Å². The number of hydrogen-bond acceptors (Lipinski definition) is 3. The number of amides is 1. The molecule has 0 heterocycles. The van der Waals surface area contributed by atoms with Gasteiger partial charge in [0.05, 0.1) is 18.8 Å². The molecule has 0 radical (unpaired) electrons. The third kappa shape index (κ3) is 15.4. The van der Waals surface area contributed by atoms with Crippen molar-refractivity contribution in [2.24, 2.45) is 0 Å². The van der Waals surface area contributed by atoms with Gasteiger partial charge in [0.25, 0.3) is 0 Å². The van der Waals surface area contributed by atoms with E-state index >= 15 is 0 Å². The van der Waals surface area contributed by atoms with Crippen molar-refractivity contribution in [2.75, 3.05) is 6.61 Å². The number of unbranched alkanes of at least 4 members (excludes halogenated alkanes) is 9. The Labute approximate surface area is 161 Å². The first-order chi connectivity index (χ1) is 12.7.